The zero-order chi connectivity index (χ0) is 21.3. The fraction of sp³-hybridized carbons (Fsp3) is 0.640. The van der Waals surface area contributed by atoms with Gasteiger partial charge in [-0.3, -0.25) is 0 Å². The fourth-order valence-corrected chi connectivity index (χ4v) is 8.77. The van der Waals surface area contributed by atoms with Crippen LogP contribution < -0.4 is 0 Å². The van der Waals surface area contributed by atoms with Crippen molar-refractivity contribution < 1.29 is 8.42 Å². The molecule has 162 valence electrons. The van der Waals surface area contributed by atoms with Crippen molar-refractivity contribution in [2.24, 2.45) is 23.7 Å². The Hall–Kier alpha value is -1.62. The van der Waals surface area contributed by atoms with E-state index in [9.17, 15) is 8.42 Å². The van der Waals surface area contributed by atoms with E-state index in [-0.39, 0.29) is 5.41 Å². The Balaban J connectivity index is 1.52. The largest absolute Gasteiger partial charge is 0.283 e. The van der Waals surface area contributed by atoms with Gasteiger partial charge in [-0.15, -0.1) is 0 Å². The van der Waals surface area contributed by atoms with Gasteiger partial charge in [0.1, 0.15) is 0 Å². The molecule has 4 aliphatic rings. The summed E-state index contributed by atoms with van der Waals surface area (Å²) in [6, 6.07) is 7.37. The van der Waals surface area contributed by atoms with Gasteiger partial charge in [-0.2, -0.15) is 17.6 Å². The summed E-state index contributed by atoms with van der Waals surface area (Å²) in [4.78, 5) is 0.331. The Morgan fingerprint density at radius 3 is 2.03 bits per heavy atom. The average molecular weight is 427 g/mol. The summed E-state index contributed by atoms with van der Waals surface area (Å²) >= 11 is 0. The van der Waals surface area contributed by atoms with Crippen molar-refractivity contribution >= 4 is 10.0 Å². The van der Waals surface area contributed by atoms with E-state index in [4.69, 9.17) is 0 Å². The Labute approximate surface area is 181 Å². The van der Waals surface area contributed by atoms with Crippen LogP contribution in [0.2, 0.25) is 0 Å². The minimum absolute atomic E-state index is 0.151. The molecule has 2 aromatic rings. The molecule has 1 heterocycles. The highest BCUT2D eigenvalue weighted by molar-refractivity contribution is 7.89. The SMILES string of the molecule is Cc1nn(S(=O)(=O)c2ccc(CC(C)C)cc2)c(C)c1C12CC3CC(CC(C3)C1)C2. The van der Waals surface area contributed by atoms with Crippen LogP contribution in [0.15, 0.2) is 29.2 Å². The first-order valence-electron chi connectivity index (χ1n) is 11.6. The zero-order valence-corrected chi connectivity index (χ0v) is 19.5. The van der Waals surface area contributed by atoms with Gasteiger partial charge in [0.2, 0.25) is 0 Å². The Morgan fingerprint density at radius 2 is 1.53 bits per heavy atom. The summed E-state index contributed by atoms with van der Waals surface area (Å²) in [5, 5.41) is 4.61. The minimum atomic E-state index is -3.68. The van der Waals surface area contributed by atoms with E-state index in [1.807, 2.05) is 26.0 Å². The van der Waals surface area contributed by atoms with E-state index in [0.717, 1.165) is 35.6 Å². The summed E-state index contributed by atoms with van der Waals surface area (Å²) in [7, 11) is -3.68. The molecule has 5 heteroatoms. The van der Waals surface area contributed by atoms with Crippen LogP contribution in [0.3, 0.4) is 0 Å². The van der Waals surface area contributed by atoms with Crippen molar-refractivity contribution in [1.29, 1.82) is 0 Å². The third kappa shape index (κ3) is 3.16. The van der Waals surface area contributed by atoms with Gasteiger partial charge in [0.05, 0.1) is 16.3 Å². The zero-order valence-electron chi connectivity index (χ0n) is 18.7. The fourth-order valence-electron chi connectivity index (χ4n) is 7.41. The number of aryl methyl sites for hydroxylation is 1. The van der Waals surface area contributed by atoms with Crippen molar-refractivity contribution in [3.05, 3.63) is 46.8 Å². The highest BCUT2D eigenvalue weighted by Crippen LogP contribution is 2.61. The van der Waals surface area contributed by atoms with Crippen molar-refractivity contribution in [2.75, 3.05) is 0 Å². The van der Waals surface area contributed by atoms with E-state index < -0.39 is 10.0 Å². The minimum Gasteiger partial charge on any atom is -0.199 e. The second kappa shape index (κ2) is 6.94. The molecule has 0 aliphatic heterocycles. The lowest BCUT2D eigenvalue weighted by Gasteiger charge is -2.57. The Morgan fingerprint density at radius 1 is 1.00 bits per heavy atom. The first-order chi connectivity index (χ1) is 14.2. The van der Waals surface area contributed by atoms with Gasteiger partial charge in [-0.05, 0) is 106 Å². The molecule has 30 heavy (non-hydrogen) atoms. The van der Waals surface area contributed by atoms with Crippen LogP contribution in [0, 0.1) is 37.5 Å². The van der Waals surface area contributed by atoms with E-state index in [2.05, 4.69) is 18.9 Å². The lowest BCUT2D eigenvalue weighted by atomic mass is 9.48. The molecule has 0 saturated heterocycles. The molecule has 6 rings (SSSR count). The van der Waals surface area contributed by atoms with Crippen molar-refractivity contribution in [3.8, 4) is 0 Å². The topological polar surface area (TPSA) is 52.0 Å². The molecule has 4 fully saturated rings. The van der Waals surface area contributed by atoms with Crippen molar-refractivity contribution in [2.45, 2.75) is 83.0 Å². The highest BCUT2D eigenvalue weighted by Gasteiger charge is 2.53. The van der Waals surface area contributed by atoms with Crippen LogP contribution in [0.5, 0.6) is 0 Å². The second-order valence-corrected chi connectivity index (χ2v) is 12.6. The van der Waals surface area contributed by atoms with Gasteiger partial charge in [-0.25, -0.2) is 0 Å². The summed E-state index contributed by atoms with van der Waals surface area (Å²) in [6.07, 6.45) is 8.75. The predicted octanol–water partition coefficient (Wildman–Crippen LogP) is 5.40. The van der Waals surface area contributed by atoms with Crippen LogP contribution in [-0.2, 0) is 21.9 Å². The van der Waals surface area contributed by atoms with Crippen molar-refractivity contribution in [3.63, 3.8) is 0 Å². The quantitative estimate of drug-likeness (QED) is 0.643. The molecule has 1 aromatic heterocycles. The molecule has 4 nitrogen and oxygen atoms in total. The monoisotopic (exact) mass is 426 g/mol. The van der Waals surface area contributed by atoms with Crippen LogP contribution in [-0.4, -0.2) is 17.6 Å². The van der Waals surface area contributed by atoms with Crippen LogP contribution >= 0.6 is 0 Å². The second-order valence-electron chi connectivity index (χ2n) is 10.8. The van der Waals surface area contributed by atoms with Crippen LogP contribution in [0.1, 0.15) is 74.9 Å². The third-order valence-corrected chi connectivity index (χ3v) is 9.59. The van der Waals surface area contributed by atoms with Crippen molar-refractivity contribution in [1.82, 2.24) is 9.19 Å². The summed E-state index contributed by atoms with van der Waals surface area (Å²) < 4.78 is 28.3. The van der Waals surface area contributed by atoms with Crippen LogP contribution in [0.4, 0.5) is 0 Å². The lowest BCUT2D eigenvalue weighted by Crippen LogP contribution is -2.49. The van der Waals surface area contributed by atoms with Gasteiger partial charge in [0.25, 0.3) is 10.0 Å². The van der Waals surface area contributed by atoms with Gasteiger partial charge in [-0.1, -0.05) is 26.0 Å². The highest BCUT2D eigenvalue weighted by atomic mass is 32.2. The van der Waals surface area contributed by atoms with E-state index in [1.54, 1.807) is 12.1 Å². The van der Waals surface area contributed by atoms with Gasteiger partial charge in [0, 0.05) is 5.56 Å². The summed E-state index contributed by atoms with van der Waals surface area (Å²) in [6.45, 7) is 8.33. The summed E-state index contributed by atoms with van der Waals surface area (Å²) in [5.74, 6) is 3.02. The molecule has 4 bridgehead atoms. The first kappa shape index (κ1) is 20.3. The maximum absolute atomic E-state index is 13.5. The number of nitrogens with zero attached hydrogens (tertiary/aromatic N) is 2. The van der Waals surface area contributed by atoms with E-state index >= 15 is 0 Å². The number of benzene rings is 1. The number of rotatable bonds is 5. The Kier molecular flexibility index (Phi) is 4.70. The standard InChI is InChI=1S/C25H34N2O2S/c1-16(2)9-19-5-7-23(8-6-19)30(28,29)27-18(4)24(17(3)26-27)25-13-20-10-21(14-25)12-22(11-20)15-25/h5-8,16,20-22H,9-15H2,1-4H3. The smallest absolute Gasteiger partial charge is 0.199 e. The molecular formula is C25H34N2O2S. The molecule has 0 N–H and O–H groups in total. The number of aromatic nitrogens is 2. The molecule has 0 amide bonds. The first-order valence-corrected chi connectivity index (χ1v) is 13.0. The molecule has 0 radical (unpaired) electrons. The van der Waals surface area contributed by atoms with E-state index in [0.29, 0.717) is 10.8 Å². The van der Waals surface area contributed by atoms with Gasteiger partial charge < -0.3 is 0 Å². The van der Waals surface area contributed by atoms with E-state index in [1.165, 1.54) is 53.7 Å². The maximum atomic E-state index is 13.5. The lowest BCUT2D eigenvalue weighted by molar-refractivity contribution is -0.00574. The third-order valence-electron chi connectivity index (χ3n) is 7.91. The van der Waals surface area contributed by atoms with Crippen LogP contribution in [0.25, 0.3) is 0 Å². The van der Waals surface area contributed by atoms with Gasteiger partial charge in [0.15, 0.2) is 0 Å². The predicted molar refractivity (Wildman–Crippen MR) is 119 cm³/mol. The number of hydrogen-bond acceptors (Lipinski definition) is 3. The molecule has 0 spiro atoms. The maximum Gasteiger partial charge on any atom is 0.283 e. The Bertz CT molecular complexity index is 1030. The number of hydrogen-bond donors (Lipinski definition) is 0. The molecule has 0 atom stereocenters. The molecule has 4 saturated carbocycles. The van der Waals surface area contributed by atoms with Gasteiger partial charge >= 0.3 is 0 Å². The molecule has 1 aromatic carbocycles. The summed E-state index contributed by atoms with van der Waals surface area (Å²) in [5.41, 5.74) is 4.31. The molecular weight excluding hydrogens is 392 g/mol. The normalized spacial score (nSPS) is 30.4. The molecule has 4 aliphatic carbocycles. The average Bonchev–Trinajstić information content (AvgIpc) is 2.96. The molecule has 0 unspecified atom stereocenters.